The minimum atomic E-state index is -0.106. The van der Waals surface area contributed by atoms with Gasteiger partial charge < -0.3 is 9.32 Å². The van der Waals surface area contributed by atoms with Gasteiger partial charge >= 0.3 is 0 Å². The van der Waals surface area contributed by atoms with Crippen molar-refractivity contribution in [1.29, 1.82) is 0 Å². The molecule has 0 N–H and O–H groups in total. The minimum Gasteiger partial charge on any atom is -0.455 e. The lowest BCUT2D eigenvalue weighted by Crippen LogP contribution is -2.16. The number of benzene rings is 8. The van der Waals surface area contributed by atoms with Gasteiger partial charge in [0.2, 0.25) is 0 Å². The quantitative estimate of drug-likeness (QED) is 0.193. The van der Waals surface area contributed by atoms with Crippen molar-refractivity contribution in [2.24, 2.45) is 0 Å². The zero-order valence-electron chi connectivity index (χ0n) is 27.4. The smallest absolute Gasteiger partial charge is 0.143 e. The van der Waals surface area contributed by atoms with Crippen LogP contribution in [0.4, 0.5) is 17.1 Å². The van der Waals surface area contributed by atoms with Crippen LogP contribution in [0.5, 0.6) is 0 Å². The van der Waals surface area contributed by atoms with Crippen molar-refractivity contribution in [3.8, 4) is 22.3 Å². The Morgan fingerprint density at radius 2 is 1.14 bits per heavy atom. The van der Waals surface area contributed by atoms with Crippen molar-refractivity contribution in [3.05, 3.63) is 175 Å². The molecule has 1 aliphatic rings. The fraction of sp³-hybridized carbons (Fsp3) is 0.0638. The van der Waals surface area contributed by atoms with Crippen LogP contribution in [0.15, 0.2) is 168 Å². The summed E-state index contributed by atoms with van der Waals surface area (Å²) in [6.45, 7) is 4.69. The molecule has 0 amide bonds. The number of rotatable bonds is 4. The van der Waals surface area contributed by atoms with Crippen LogP contribution in [-0.4, -0.2) is 0 Å². The summed E-state index contributed by atoms with van der Waals surface area (Å²) in [5.41, 5.74) is 12.7. The zero-order valence-corrected chi connectivity index (χ0v) is 27.4. The molecule has 8 aromatic carbocycles. The number of hydrogen-bond acceptors (Lipinski definition) is 2. The molecule has 1 aliphatic carbocycles. The Hall–Kier alpha value is -6.12. The Balaban J connectivity index is 1.23. The van der Waals surface area contributed by atoms with Gasteiger partial charge in [-0.05, 0) is 80.4 Å². The van der Waals surface area contributed by atoms with E-state index in [2.05, 4.69) is 183 Å². The molecule has 0 aliphatic heterocycles. The van der Waals surface area contributed by atoms with Gasteiger partial charge in [0.15, 0.2) is 0 Å². The number of hydrogen-bond donors (Lipinski definition) is 0. The van der Waals surface area contributed by atoms with E-state index >= 15 is 0 Å². The average Bonchev–Trinajstić information content (AvgIpc) is 3.62. The fourth-order valence-electron chi connectivity index (χ4n) is 8.25. The zero-order chi connectivity index (χ0) is 32.7. The third kappa shape index (κ3) is 4.14. The fourth-order valence-corrected chi connectivity index (χ4v) is 8.25. The molecule has 2 nitrogen and oxygen atoms in total. The molecule has 0 saturated carbocycles. The summed E-state index contributed by atoms with van der Waals surface area (Å²) in [4.78, 5) is 2.41. The maximum atomic E-state index is 6.92. The second-order valence-electron chi connectivity index (χ2n) is 13.7. The Labute approximate surface area is 285 Å². The van der Waals surface area contributed by atoms with Crippen molar-refractivity contribution in [3.63, 3.8) is 0 Å². The van der Waals surface area contributed by atoms with Crippen molar-refractivity contribution >= 4 is 60.5 Å². The van der Waals surface area contributed by atoms with Crippen LogP contribution in [-0.2, 0) is 5.41 Å². The van der Waals surface area contributed by atoms with Gasteiger partial charge in [0, 0.05) is 44.6 Å². The predicted octanol–water partition coefficient (Wildman–Crippen LogP) is 13.3. The lowest BCUT2D eigenvalue weighted by molar-refractivity contribution is 0.660. The third-order valence-corrected chi connectivity index (χ3v) is 10.6. The molecule has 1 heterocycles. The first kappa shape index (κ1) is 27.9. The summed E-state index contributed by atoms with van der Waals surface area (Å²) >= 11 is 0. The lowest BCUT2D eigenvalue weighted by atomic mass is 9.82. The van der Waals surface area contributed by atoms with Crippen molar-refractivity contribution in [2.45, 2.75) is 19.3 Å². The number of furan rings is 1. The Kier molecular flexibility index (Phi) is 5.95. The maximum absolute atomic E-state index is 6.92. The normalized spacial score (nSPS) is 13.3. The average molecular weight is 628 g/mol. The highest BCUT2D eigenvalue weighted by atomic mass is 16.3. The topological polar surface area (TPSA) is 16.4 Å². The standard InChI is InChI=1S/C47H33NO/c1-47(2)41-21-11-10-20-37(41)38-25-23-33(28-42(38)47)48(43-22-12-17-30-13-6-8-18-35(30)43)34-24-26-39-40-27-32-16-7-9-19-36(32)45(31-14-4-3-5-15-31)46(40)49-44(39)29-34/h3-29H,1-2H3. The van der Waals surface area contributed by atoms with E-state index in [0.717, 1.165) is 50.1 Å². The molecule has 0 unspecified atom stereocenters. The monoisotopic (exact) mass is 627 g/mol. The molecule has 0 atom stereocenters. The first-order chi connectivity index (χ1) is 24.1. The van der Waals surface area contributed by atoms with Gasteiger partial charge in [-0.25, -0.2) is 0 Å². The largest absolute Gasteiger partial charge is 0.455 e. The first-order valence-corrected chi connectivity index (χ1v) is 17.0. The van der Waals surface area contributed by atoms with E-state index in [4.69, 9.17) is 4.42 Å². The molecule has 0 fully saturated rings. The van der Waals surface area contributed by atoms with E-state index in [-0.39, 0.29) is 5.41 Å². The van der Waals surface area contributed by atoms with Gasteiger partial charge in [-0.15, -0.1) is 0 Å². The SMILES string of the molecule is CC1(C)c2ccccc2-c2ccc(N(c3ccc4c(c3)oc3c(-c5ccccc5)c5ccccc5cc34)c3cccc4ccccc34)cc21. The third-order valence-electron chi connectivity index (χ3n) is 10.6. The number of nitrogens with zero attached hydrogens (tertiary/aromatic N) is 1. The highest BCUT2D eigenvalue weighted by Gasteiger charge is 2.36. The number of fused-ring (bicyclic) bond motifs is 8. The molecule has 2 heteroatoms. The van der Waals surface area contributed by atoms with Crippen LogP contribution in [0.2, 0.25) is 0 Å². The summed E-state index contributed by atoms with van der Waals surface area (Å²) in [5, 5.41) is 7.07. The van der Waals surface area contributed by atoms with E-state index in [0.29, 0.717) is 0 Å². The molecular formula is C47H33NO. The molecule has 0 spiro atoms. The van der Waals surface area contributed by atoms with Crippen LogP contribution in [0.1, 0.15) is 25.0 Å². The summed E-state index contributed by atoms with van der Waals surface area (Å²) in [7, 11) is 0. The molecule has 0 bridgehead atoms. The molecule has 49 heavy (non-hydrogen) atoms. The second kappa shape index (κ2) is 10.4. The van der Waals surface area contributed by atoms with Crippen molar-refractivity contribution in [2.75, 3.05) is 4.90 Å². The number of anilines is 3. The van der Waals surface area contributed by atoms with E-state index < -0.39 is 0 Å². The molecule has 0 radical (unpaired) electrons. The lowest BCUT2D eigenvalue weighted by Gasteiger charge is -2.29. The van der Waals surface area contributed by atoms with Crippen LogP contribution < -0.4 is 4.90 Å². The van der Waals surface area contributed by atoms with Gasteiger partial charge in [0.1, 0.15) is 11.2 Å². The van der Waals surface area contributed by atoms with Crippen LogP contribution >= 0.6 is 0 Å². The first-order valence-electron chi connectivity index (χ1n) is 17.0. The summed E-state index contributed by atoms with van der Waals surface area (Å²) in [6, 6.07) is 59.3. The molecular weight excluding hydrogens is 595 g/mol. The predicted molar refractivity (Wildman–Crippen MR) is 206 cm³/mol. The Morgan fingerprint density at radius 3 is 2.02 bits per heavy atom. The minimum absolute atomic E-state index is 0.106. The molecule has 232 valence electrons. The Bertz CT molecular complexity index is 2750. The molecule has 0 saturated heterocycles. The summed E-state index contributed by atoms with van der Waals surface area (Å²) in [5.74, 6) is 0. The van der Waals surface area contributed by atoms with Gasteiger partial charge in [-0.2, -0.15) is 0 Å². The Morgan fingerprint density at radius 1 is 0.469 bits per heavy atom. The van der Waals surface area contributed by atoms with E-state index in [9.17, 15) is 0 Å². The molecule has 9 aromatic rings. The van der Waals surface area contributed by atoms with Gasteiger partial charge in [0.25, 0.3) is 0 Å². The van der Waals surface area contributed by atoms with Crippen LogP contribution in [0, 0.1) is 0 Å². The highest BCUT2D eigenvalue weighted by Crippen LogP contribution is 2.51. The maximum Gasteiger partial charge on any atom is 0.143 e. The van der Waals surface area contributed by atoms with Crippen molar-refractivity contribution < 1.29 is 4.42 Å². The van der Waals surface area contributed by atoms with Gasteiger partial charge in [-0.1, -0.05) is 135 Å². The van der Waals surface area contributed by atoms with E-state index in [1.807, 2.05) is 0 Å². The molecule has 1 aromatic heterocycles. The van der Waals surface area contributed by atoms with Crippen molar-refractivity contribution in [1.82, 2.24) is 0 Å². The van der Waals surface area contributed by atoms with E-state index in [1.165, 1.54) is 43.8 Å². The molecule has 10 rings (SSSR count). The highest BCUT2D eigenvalue weighted by molar-refractivity contribution is 6.18. The second-order valence-corrected chi connectivity index (χ2v) is 13.7. The van der Waals surface area contributed by atoms with Crippen LogP contribution in [0.25, 0.3) is 65.7 Å². The van der Waals surface area contributed by atoms with Crippen LogP contribution in [0.3, 0.4) is 0 Å². The summed E-state index contributed by atoms with van der Waals surface area (Å²) in [6.07, 6.45) is 0. The van der Waals surface area contributed by atoms with E-state index in [1.54, 1.807) is 0 Å². The van der Waals surface area contributed by atoms with Gasteiger partial charge in [0.05, 0.1) is 5.69 Å². The summed E-state index contributed by atoms with van der Waals surface area (Å²) < 4.78 is 6.92. The van der Waals surface area contributed by atoms with Gasteiger partial charge in [-0.3, -0.25) is 0 Å².